The van der Waals surface area contributed by atoms with E-state index in [-0.39, 0.29) is 17.3 Å². The smallest absolute Gasteiger partial charge is 0.346 e. The maximum atomic E-state index is 12.8. The molecule has 1 spiro atoms. The van der Waals surface area contributed by atoms with E-state index in [0.29, 0.717) is 19.5 Å². The van der Waals surface area contributed by atoms with Gasteiger partial charge in [-0.1, -0.05) is 0 Å². The number of carbonyl (C=O) groups is 1. The standard InChI is InChI=1S/C16H21F3N4O/c1-22-9-5-15(4-2-13(22)24)6-10-23(11-7-15)14-20-8-3-12(21-14)16(17,18)19/h3,8H,2,4-7,9-11H2,1H3. The Morgan fingerprint density at radius 2 is 1.79 bits per heavy atom. The minimum absolute atomic E-state index is 0.110. The Kier molecular flexibility index (Phi) is 4.40. The van der Waals surface area contributed by atoms with Crippen LogP contribution in [-0.2, 0) is 11.0 Å². The van der Waals surface area contributed by atoms with Crippen LogP contribution in [0.3, 0.4) is 0 Å². The molecule has 0 saturated carbocycles. The van der Waals surface area contributed by atoms with Crippen molar-refractivity contribution < 1.29 is 18.0 Å². The van der Waals surface area contributed by atoms with E-state index in [0.717, 1.165) is 44.5 Å². The van der Waals surface area contributed by atoms with Crippen LogP contribution in [0.2, 0.25) is 0 Å². The van der Waals surface area contributed by atoms with Crippen molar-refractivity contribution in [2.24, 2.45) is 5.41 Å². The predicted molar refractivity (Wildman–Crippen MR) is 82.4 cm³/mol. The van der Waals surface area contributed by atoms with E-state index in [9.17, 15) is 18.0 Å². The number of carbonyl (C=O) groups excluding carboxylic acids is 1. The van der Waals surface area contributed by atoms with Crippen LogP contribution < -0.4 is 4.90 Å². The van der Waals surface area contributed by atoms with Gasteiger partial charge in [0.25, 0.3) is 0 Å². The average molecular weight is 342 g/mol. The zero-order valence-corrected chi connectivity index (χ0v) is 13.6. The number of anilines is 1. The number of piperidine rings is 1. The van der Waals surface area contributed by atoms with Gasteiger partial charge >= 0.3 is 6.18 Å². The number of aromatic nitrogens is 2. The molecule has 2 saturated heterocycles. The molecular weight excluding hydrogens is 321 g/mol. The van der Waals surface area contributed by atoms with Crippen LogP contribution >= 0.6 is 0 Å². The fourth-order valence-corrected chi connectivity index (χ4v) is 3.56. The van der Waals surface area contributed by atoms with Gasteiger partial charge in [0, 0.05) is 39.3 Å². The Bertz CT molecular complexity index is 612. The number of hydrogen-bond acceptors (Lipinski definition) is 4. The summed E-state index contributed by atoms with van der Waals surface area (Å²) < 4.78 is 38.4. The molecule has 5 nitrogen and oxygen atoms in total. The van der Waals surface area contributed by atoms with Crippen molar-refractivity contribution in [2.75, 3.05) is 31.6 Å². The van der Waals surface area contributed by atoms with Gasteiger partial charge in [-0.05, 0) is 37.2 Å². The maximum Gasteiger partial charge on any atom is 0.433 e. The SMILES string of the molecule is CN1CCC2(CCC1=O)CCN(c1nccc(C(F)(F)F)n1)CC2. The van der Waals surface area contributed by atoms with Crippen LogP contribution in [0.4, 0.5) is 19.1 Å². The topological polar surface area (TPSA) is 49.3 Å². The van der Waals surface area contributed by atoms with Gasteiger partial charge in [0.1, 0.15) is 5.69 Å². The molecule has 24 heavy (non-hydrogen) atoms. The van der Waals surface area contributed by atoms with Crippen LogP contribution in [0.15, 0.2) is 12.3 Å². The van der Waals surface area contributed by atoms with Crippen molar-refractivity contribution in [3.05, 3.63) is 18.0 Å². The number of nitrogens with zero attached hydrogens (tertiary/aromatic N) is 4. The predicted octanol–water partition coefficient (Wildman–Crippen LogP) is 2.72. The van der Waals surface area contributed by atoms with Crippen molar-refractivity contribution in [3.63, 3.8) is 0 Å². The molecule has 0 atom stereocenters. The number of halogens is 3. The Morgan fingerprint density at radius 1 is 1.12 bits per heavy atom. The molecule has 3 rings (SSSR count). The number of likely N-dealkylation sites (tertiary alicyclic amines) is 1. The molecule has 2 fully saturated rings. The lowest BCUT2D eigenvalue weighted by Crippen LogP contribution is -2.41. The minimum atomic E-state index is -4.46. The van der Waals surface area contributed by atoms with Crippen LogP contribution in [0, 0.1) is 5.41 Å². The molecule has 0 aliphatic carbocycles. The van der Waals surface area contributed by atoms with Crippen LogP contribution in [0.1, 0.15) is 37.8 Å². The summed E-state index contributed by atoms with van der Waals surface area (Å²) in [6.07, 6.45) is 0.772. The Labute approximate surface area is 138 Å². The van der Waals surface area contributed by atoms with Crippen molar-refractivity contribution in [1.29, 1.82) is 0 Å². The van der Waals surface area contributed by atoms with Crippen LogP contribution in [0.25, 0.3) is 0 Å². The Hall–Kier alpha value is -1.86. The summed E-state index contributed by atoms with van der Waals surface area (Å²) in [5, 5.41) is 0. The van der Waals surface area contributed by atoms with Crippen molar-refractivity contribution in [2.45, 2.75) is 38.3 Å². The fraction of sp³-hybridized carbons (Fsp3) is 0.688. The van der Waals surface area contributed by atoms with E-state index in [1.807, 2.05) is 11.9 Å². The highest BCUT2D eigenvalue weighted by Gasteiger charge is 2.38. The van der Waals surface area contributed by atoms with Gasteiger partial charge in [0.15, 0.2) is 0 Å². The van der Waals surface area contributed by atoms with Crippen molar-refractivity contribution in [1.82, 2.24) is 14.9 Å². The number of amides is 1. The summed E-state index contributed by atoms with van der Waals surface area (Å²) in [4.78, 5) is 23.1. The third kappa shape index (κ3) is 3.47. The second-order valence-corrected chi connectivity index (χ2v) is 6.79. The number of rotatable bonds is 1. The first-order valence-electron chi connectivity index (χ1n) is 8.18. The van der Waals surface area contributed by atoms with Crippen LogP contribution in [-0.4, -0.2) is 47.5 Å². The molecular formula is C16H21F3N4O. The van der Waals surface area contributed by atoms with Crippen molar-refractivity contribution >= 4 is 11.9 Å². The van der Waals surface area contributed by atoms with Crippen LogP contribution in [0.5, 0.6) is 0 Å². The summed E-state index contributed by atoms with van der Waals surface area (Å²) in [7, 11) is 1.83. The molecule has 3 heterocycles. The first-order chi connectivity index (χ1) is 11.3. The highest BCUT2D eigenvalue weighted by atomic mass is 19.4. The zero-order valence-electron chi connectivity index (χ0n) is 13.6. The van der Waals surface area contributed by atoms with Gasteiger partial charge in [-0.15, -0.1) is 0 Å². The Balaban J connectivity index is 1.68. The monoisotopic (exact) mass is 342 g/mol. The lowest BCUT2D eigenvalue weighted by molar-refractivity contribution is -0.141. The molecule has 0 radical (unpaired) electrons. The fourth-order valence-electron chi connectivity index (χ4n) is 3.56. The second-order valence-electron chi connectivity index (χ2n) is 6.79. The van der Waals surface area contributed by atoms with Gasteiger partial charge in [0.2, 0.25) is 11.9 Å². The van der Waals surface area contributed by atoms with Crippen molar-refractivity contribution in [3.8, 4) is 0 Å². The lowest BCUT2D eigenvalue weighted by Gasteiger charge is -2.41. The molecule has 1 aromatic rings. The molecule has 0 N–H and O–H groups in total. The second kappa shape index (κ2) is 6.22. The minimum Gasteiger partial charge on any atom is -0.346 e. The molecule has 2 aliphatic heterocycles. The largest absolute Gasteiger partial charge is 0.433 e. The normalized spacial score (nSPS) is 21.9. The van der Waals surface area contributed by atoms with Gasteiger partial charge in [-0.2, -0.15) is 13.2 Å². The Morgan fingerprint density at radius 3 is 2.46 bits per heavy atom. The van der Waals surface area contributed by atoms with Gasteiger partial charge in [-0.3, -0.25) is 4.79 Å². The van der Waals surface area contributed by atoms with Gasteiger partial charge < -0.3 is 9.80 Å². The number of alkyl halides is 3. The highest BCUT2D eigenvalue weighted by Crippen LogP contribution is 2.42. The third-order valence-corrected chi connectivity index (χ3v) is 5.31. The summed E-state index contributed by atoms with van der Waals surface area (Å²) in [5.41, 5.74) is -0.798. The average Bonchev–Trinajstić information content (AvgIpc) is 2.70. The third-order valence-electron chi connectivity index (χ3n) is 5.31. The van der Waals surface area contributed by atoms with E-state index in [1.54, 1.807) is 4.90 Å². The van der Waals surface area contributed by atoms with E-state index in [1.165, 1.54) is 0 Å². The molecule has 0 unspecified atom stereocenters. The zero-order chi connectivity index (χ0) is 17.4. The molecule has 0 bridgehead atoms. The van der Waals surface area contributed by atoms with E-state index in [2.05, 4.69) is 9.97 Å². The molecule has 8 heteroatoms. The quantitative estimate of drug-likeness (QED) is 0.787. The summed E-state index contributed by atoms with van der Waals surface area (Å²) in [6.45, 7) is 2.00. The maximum absolute atomic E-state index is 12.8. The molecule has 1 aromatic heterocycles. The molecule has 1 amide bonds. The summed E-state index contributed by atoms with van der Waals surface area (Å²) in [5.74, 6) is 0.317. The first kappa shape index (κ1) is 17.0. The highest BCUT2D eigenvalue weighted by molar-refractivity contribution is 5.76. The molecule has 132 valence electrons. The van der Waals surface area contributed by atoms with E-state index >= 15 is 0 Å². The van der Waals surface area contributed by atoms with Gasteiger partial charge in [0.05, 0.1) is 0 Å². The van der Waals surface area contributed by atoms with E-state index in [4.69, 9.17) is 0 Å². The summed E-state index contributed by atoms with van der Waals surface area (Å²) in [6, 6.07) is 0.891. The lowest BCUT2D eigenvalue weighted by atomic mass is 9.73. The molecule has 0 aromatic carbocycles. The van der Waals surface area contributed by atoms with E-state index < -0.39 is 11.9 Å². The number of hydrogen-bond donors (Lipinski definition) is 0. The molecule has 2 aliphatic rings. The summed E-state index contributed by atoms with van der Waals surface area (Å²) >= 11 is 0. The van der Waals surface area contributed by atoms with Gasteiger partial charge in [-0.25, -0.2) is 9.97 Å². The first-order valence-corrected chi connectivity index (χ1v) is 8.18.